The van der Waals surface area contributed by atoms with Crippen molar-refractivity contribution in [2.45, 2.75) is 51.7 Å². The van der Waals surface area contributed by atoms with Gasteiger partial charge in [0.15, 0.2) is 5.96 Å². The number of hydrogen-bond donors (Lipinski definition) is 2. The third kappa shape index (κ3) is 10.2. The Morgan fingerprint density at radius 3 is 2.55 bits per heavy atom. The fourth-order valence-corrected chi connectivity index (χ4v) is 3.71. The van der Waals surface area contributed by atoms with Gasteiger partial charge in [0.1, 0.15) is 0 Å². The molecule has 2 N–H and O–H groups in total. The van der Waals surface area contributed by atoms with Crippen molar-refractivity contribution < 1.29 is 0 Å². The van der Waals surface area contributed by atoms with Crippen LogP contribution in [-0.2, 0) is 0 Å². The molecule has 4 nitrogen and oxygen atoms in total. The van der Waals surface area contributed by atoms with Gasteiger partial charge in [-0.15, -0.1) is 24.0 Å². The molecule has 1 rings (SSSR count). The minimum Gasteiger partial charge on any atom is -0.357 e. The molecule has 1 fully saturated rings. The smallest absolute Gasteiger partial charge is 0.191 e. The molecule has 0 aromatic rings. The van der Waals surface area contributed by atoms with Crippen LogP contribution in [0.3, 0.4) is 0 Å². The van der Waals surface area contributed by atoms with E-state index in [2.05, 4.69) is 48.1 Å². The van der Waals surface area contributed by atoms with Crippen molar-refractivity contribution >= 4 is 41.7 Å². The van der Waals surface area contributed by atoms with Crippen LogP contribution in [0.25, 0.3) is 0 Å². The van der Waals surface area contributed by atoms with E-state index in [1.54, 1.807) is 0 Å². The molecule has 1 atom stereocenters. The molecule has 22 heavy (non-hydrogen) atoms. The summed E-state index contributed by atoms with van der Waals surface area (Å²) in [5, 5.41) is 7.55. The average Bonchev–Trinajstić information content (AvgIpc) is 3.01. The lowest BCUT2D eigenvalue weighted by molar-refractivity contribution is 0.297. The van der Waals surface area contributed by atoms with Crippen LogP contribution < -0.4 is 10.6 Å². The van der Waals surface area contributed by atoms with Crippen LogP contribution in [0.5, 0.6) is 0 Å². The summed E-state index contributed by atoms with van der Waals surface area (Å²) in [6.45, 7) is 13.0. The molecule has 0 saturated carbocycles. The lowest BCUT2D eigenvalue weighted by atomic mass is 10.2. The highest BCUT2D eigenvalue weighted by Gasteiger charge is 2.14. The van der Waals surface area contributed by atoms with Gasteiger partial charge in [-0.1, -0.05) is 13.8 Å². The molecule has 0 spiro atoms. The maximum Gasteiger partial charge on any atom is 0.191 e. The van der Waals surface area contributed by atoms with Gasteiger partial charge in [-0.2, -0.15) is 11.8 Å². The van der Waals surface area contributed by atoms with Crippen molar-refractivity contribution in [1.82, 2.24) is 15.5 Å². The Morgan fingerprint density at radius 1 is 1.18 bits per heavy atom. The number of thioether (sulfide) groups is 1. The number of halogens is 1. The quantitative estimate of drug-likeness (QED) is 0.236. The van der Waals surface area contributed by atoms with E-state index in [0.717, 1.165) is 43.9 Å². The number of hydrogen-bond acceptors (Lipinski definition) is 3. The van der Waals surface area contributed by atoms with Crippen LogP contribution in [0.4, 0.5) is 0 Å². The first-order valence-corrected chi connectivity index (χ1v) is 9.71. The first-order chi connectivity index (χ1) is 10.3. The van der Waals surface area contributed by atoms with Crippen LogP contribution in [-0.4, -0.2) is 61.1 Å². The summed E-state index contributed by atoms with van der Waals surface area (Å²) in [5.74, 6) is 2.31. The molecule has 1 aliphatic heterocycles. The van der Waals surface area contributed by atoms with Gasteiger partial charge in [0.05, 0.1) is 6.54 Å². The predicted octanol–water partition coefficient (Wildman–Crippen LogP) is 3.18. The number of rotatable bonds is 10. The molecule has 1 heterocycles. The van der Waals surface area contributed by atoms with E-state index in [0.29, 0.717) is 0 Å². The van der Waals surface area contributed by atoms with Gasteiger partial charge in [-0.3, -0.25) is 4.99 Å². The van der Waals surface area contributed by atoms with Crippen LogP contribution in [0.2, 0.25) is 0 Å². The van der Waals surface area contributed by atoms with E-state index in [-0.39, 0.29) is 24.0 Å². The number of nitrogens with zero attached hydrogens (tertiary/aromatic N) is 2. The molecule has 1 unspecified atom stereocenters. The standard InChI is InChI=1S/C16H34N4S.HI/c1-4-17-16(19-14-15-10-9-13-21-15)18-11-7-8-12-20(5-2)6-3;/h15H,4-14H2,1-3H3,(H2,17,18,19);1H. The Balaban J connectivity index is 0.00000441. The summed E-state index contributed by atoms with van der Waals surface area (Å²) >= 11 is 2.07. The van der Waals surface area contributed by atoms with Gasteiger partial charge in [0.25, 0.3) is 0 Å². The van der Waals surface area contributed by atoms with Crippen molar-refractivity contribution in [2.24, 2.45) is 4.99 Å². The molecule has 0 aromatic carbocycles. The van der Waals surface area contributed by atoms with Gasteiger partial charge in [-0.05, 0) is 58.0 Å². The monoisotopic (exact) mass is 442 g/mol. The SMILES string of the molecule is CCNC(=NCC1CCCS1)NCCCCN(CC)CC.I. The summed E-state index contributed by atoms with van der Waals surface area (Å²) in [6, 6.07) is 0. The third-order valence-electron chi connectivity index (χ3n) is 3.91. The zero-order chi connectivity index (χ0) is 15.3. The molecule has 0 bridgehead atoms. The van der Waals surface area contributed by atoms with Gasteiger partial charge >= 0.3 is 0 Å². The van der Waals surface area contributed by atoms with Crippen LogP contribution in [0.1, 0.15) is 46.5 Å². The van der Waals surface area contributed by atoms with E-state index in [9.17, 15) is 0 Å². The van der Waals surface area contributed by atoms with Crippen molar-refractivity contribution in [3.8, 4) is 0 Å². The molecule has 6 heteroatoms. The second-order valence-electron chi connectivity index (χ2n) is 5.52. The summed E-state index contributed by atoms with van der Waals surface area (Å²) in [7, 11) is 0. The van der Waals surface area contributed by atoms with Crippen molar-refractivity contribution in [3.05, 3.63) is 0 Å². The van der Waals surface area contributed by atoms with E-state index in [4.69, 9.17) is 4.99 Å². The largest absolute Gasteiger partial charge is 0.357 e. The Hall–Kier alpha value is 0.310. The lowest BCUT2D eigenvalue weighted by Gasteiger charge is -2.18. The predicted molar refractivity (Wildman–Crippen MR) is 112 cm³/mol. The zero-order valence-electron chi connectivity index (χ0n) is 14.6. The molecule has 0 amide bonds. The molecule has 0 aromatic heterocycles. The number of guanidine groups is 1. The summed E-state index contributed by atoms with van der Waals surface area (Å²) < 4.78 is 0. The van der Waals surface area contributed by atoms with Gasteiger partial charge in [-0.25, -0.2) is 0 Å². The Morgan fingerprint density at radius 2 is 1.95 bits per heavy atom. The molecule has 132 valence electrons. The fourth-order valence-electron chi connectivity index (χ4n) is 2.53. The van der Waals surface area contributed by atoms with Gasteiger partial charge in [0, 0.05) is 18.3 Å². The molecule has 0 radical (unpaired) electrons. The summed E-state index contributed by atoms with van der Waals surface area (Å²) in [6.07, 6.45) is 5.16. The minimum absolute atomic E-state index is 0. The highest BCUT2D eigenvalue weighted by Crippen LogP contribution is 2.25. The highest BCUT2D eigenvalue weighted by molar-refractivity contribution is 14.0. The fraction of sp³-hybridized carbons (Fsp3) is 0.938. The topological polar surface area (TPSA) is 39.7 Å². The van der Waals surface area contributed by atoms with Crippen LogP contribution in [0, 0.1) is 0 Å². The summed E-state index contributed by atoms with van der Waals surface area (Å²) in [4.78, 5) is 7.21. The Labute approximate surface area is 158 Å². The molecule has 1 aliphatic rings. The zero-order valence-corrected chi connectivity index (χ0v) is 17.7. The van der Waals surface area contributed by atoms with Crippen molar-refractivity contribution in [2.75, 3.05) is 45.0 Å². The maximum absolute atomic E-state index is 4.72. The van der Waals surface area contributed by atoms with Gasteiger partial charge < -0.3 is 15.5 Å². The average molecular weight is 442 g/mol. The van der Waals surface area contributed by atoms with Crippen molar-refractivity contribution in [3.63, 3.8) is 0 Å². The number of nitrogens with one attached hydrogen (secondary N) is 2. The first-order valence-electron chi connectivity index (χ1n) is 8.66. The number of aliphatic imine (C=N–C) groups is 1. The molecular weight excluding hydrogens is 407 g/mol. The van der Waals surface area contributed by atoms with Crippen molar-refractivity contribution in [1.29, 1.82) is 0 Å². The maximum atomic E-state index is 4.72. The molecular formula is C16H35IN4S. The van der Waals surface area contributed by atoms with E-state index in [1.165, 1.54) is 38.0 Å². The normalized spacial score (nSPS) is 18.4. The molecule has 0 aliphatic carbocycles. The van der Waals surface area contributed by atoms with Gasteiger partial charge in [0.2, 0.25) is 0 Å². The Kier molecular flexibility index (Phi) is 15.1. The lowest BCUT2D eigenvalue weighted by Crippen LogP contribution is -2.38. The second kappa shape index (κ2) is 14.9. The van der Waals surface area contributed by atoms with Crippen LogP contribution >= 0.6 is 35.7 Å². The minimum atomic E-state index is 0. The number of unbranched alkanes of at least 4 members (excludes halogenated alkanes) is 1. The first kappa shape index (κ1) is 22.3. The summed E-state index contributed by atoms with van der Waals surface area (Å²) in [5.41, 5.74) is 0. The highest BCUT2D eigenvalue weighted by atomic mass is 127. The van der Waals surface area contributed by atoms with Crippen LogP contribution in [0.15, 0.2) is 4.99 Å². The molecule has 1 saturated heterocycles. The van der Waals surface area contributed by atoms with E-state index in [1.807, 2.05) is 0 Å². The van der Waals surface area contributed by atoms with E-state index >= 15 is 0 Å². The third-order valence-corrected chi connectivity index (χ3v) is 5.29. The Bertz CT molecular complexity index is 279. The van der Waals surface area contributed by atoms with E-state index < -0.39 is 0 Å². The second-order valence-corrected chi connectivity index (χ2v) is 6.92.